The second-order valence-corrected chi connectivity index (χ2v) is 4.64. The van der Waals surface area contributed by atoms with Gasteiger partial charge in [-0.2, -0.15) is 0 Å². The number of benzene rings is 1. The first kappa shape index (κ1) is 12.9. The monoisotopic (exact) mass is 243 g/mol. The van der Waals surface area contributed by atoms with Crippen molar-refractivity contribution in [3.8, 4) is 0 Å². The van der Waals surface area contributed by atoms with E-state index >= 15 is 0 Å². The largest absolute Gasteiger partial charge is 0.469 e. The Morgan fingerprint density at radius 3 is 2.67 bits per heavy atom. The molecular formula is C16H21NO. The van der Waals surface area contributed by atoms with E-state index in [1.165, 1.54) is 11.1 Å². The molecule has 1 atom stereocenters. The zero-order valence-corrected chi connectivity index (χ0v) is 10.9. The van der Waals surface area contributed by atoms with Gasteiger partial charge in [-0.15, -0.1) is 0 Å². The summed E-state index contributed by atoms with van der Waals surface area (Å²) in [4.78, 5) is 0. The molecule has 2 N–H and O–H groups in total. The lowest BCUT2D eigenvalue weighted by Gasteiger charge is -2.11. The smallest absolute Gasteiger partial charge is 0.108 e. The van der Waals surface area contributed by atoms with Crippen molar-refractivity contribution in [2.24, 2.45) is 5.73 Å². The topological polar surface area (TPSA) is 39.2 Å². The summed E-state index contributed by atoms with van der Waals surface area (Å²) in [6.07, 6.45) is 5.86. The van der Waals surface area contributed by atoms with Crippen molar-refractivity contribution in [3.63, 3.8) is 0 Å². The summed E-state index contributed by atoms with van der Waals surface area (Å²) in [6, 6.07) is 12.7. The second-order valence-electron chi connectivity index (χ2n) is 4.64. The van der Waals surface area contributed by atoms with Gasteiger partial charge in [-0.25, -0.2) is 0 Å². The highest BCUT2D eigenvalue weighted by Gasteiger charge is 2.12. The lowest BCUT2D eigenvalue weighted by molar-refractivity contribution is 0.500. The molecule has 0 bridgehead atoms. The molecule has 0 aliphatic heterocycles. The highest BCUT2D eigenvalue weighted by molar-refractivity contribution is 5.21. The summed E-state index contributed by atoms with van der Waals surface area (Å²) in [5.41, 5.74) is 8.77. The minimum Gasteiger partial charge on any atom is -0.469 e. The molecule has 96 valence electrons. The van der Waals surface area contributed by atoms with Crippen LogP contribution in [0.25, 0.3) is 0 Å². The van der Waals surface area contributed by atoms with Crippen LogP contribution in [0.3, 0.4) is 0 Å². The van der Waals surface area contributed by atoms with Gasteiger partial charge in [-0.05, 0) is 30.9 Å². The van der Waals surface area contributed by atoms with E-state index in [1.54, 1.807) is 6.26 Å². The van der Waals surface area contributed by atoms with E-state index < -0.39 is 0 Å². The first-order chi connectivity index (χ1) is 8.81. The van der Waals surface area contributed by atoms with E-state index in [-0.39, 0.29) is 6.04 Å². The normalized spacial score (nSPS) is 12.6. The lowest BCUT2D eigenvalue weighted by Crippen LogP contribution is -2.11. The van der Waals surface area contributed by atoms with E-state index in [4.69, 9.17) is 10.2 Å². The summed E-state index contributed by atoms with van der Waals surface area (Å²) in [5, 5.41) is 0. The predicted octanol–water partition coefficient (Wildman–Crippen LogP) is 3.86. The highest BCUT2D eigenvalue weighted by Crippen LogP contribution is 2.22. The molecule has 0 amide bonds. The number of rotatable bonds is 6. The molecule has 1 aromatic heterocycles. The van der Waals surface area contributed by atoms with Crippen LogP contribution in [0.1, 0.15) is 42.7 Å². The molecule has 0 fully saturated rings. The van der Waals surface area contributed by atoms with E-state index in [1.807, 2.05) is 12.1 Å². The molecule has 0 aliphatic rings. The summed E-state index contributed by atoms with van der Waals surface area (Å²) < 4.78 is 5.42. The Hall–Kier alpha value is -1.54. The van der Waals surface area contributed by atoms with Crippen LogP contribution in [0.4, 0.5) is 0 Å². The third-order valence-electron chi connectivity index (χ3n) is 3.32. The molecule has 1 unspecified atom stereocenters. The first-order valence-electron chi connectivity index (χ1n) is 6.67. The zero-order chi connectivity index (χ0) is 12.8. The number of hydrogen-bond donors (Lipinski definition) is 1. The Bertz CT molecular complexity index is 461. The maximum absolute atomic E-state index is 6.22. The van der Waals surface area contributed by atoms with E-state index in [0.29, 0.717) is 0 Å². The van der Waals surface area contributed by atoms with Crippen LogP contribution in [0.2, 0.25) is 0 Å². The van der Waals surface area contributed by atoms with Crippen molar-refractivity contribution >= 4 is 0 Å². The van der Waals surface area contributed by atoms with Crippen molar-refractivity contribution in [3.05, 3.63) is 59.5 Å². The quantitative estimate of drug-likeness (QED) is 0.836. The molecule has 1 aromatic carbocycles. The van der Waals surface area contributed by atoms with E-state index in [0.717, 1.165) is 31.4 Å². The summed E-state index contributed by atoms with van der Waals surface area (Å²) >= 11 is 0. The van der Waals surface area contributed by atoms with Gasteiger partial charge in [-0.3, -0.25) is 0 Å². The Balaban J connectivity index is 1.84. The molecule has 0 saturated carbocycles. The molecule has 2 rings (SSSR count). The Kier molecular flexibility index (Phi) is 4.59. The SMILES string of the molecule is CCc1occc1C(N)CCCc1ccccc1. The number of furan rings is 1. The van der Waals surface area contributed by atoms with E-state index in [2.05, 4.69) is 31.2 Å². The molecular weight excluding hydrogens is 222 g/mol. The third kappa shape index (κ3) is 3.23. The second kappa shape index (κ2) is 6.41. The van der Waals surface area contributed by atoms with Crippen molar-refractivity contribution in [2.75, 3.05) is 0 Å². The van der Waals surface area contributed by atoms with Crippen molar-refractivity contribution in [1.82, 2.24) is 0 Å². The number of hydrogen-bond acceptors (Lipinski definition) is 2. The van der Waals surface area contributed by atoms with Crippen LogP contribution < -0.4 is 5.73 Å². The molecule has 0 saturated heterocycles. The van der Waals surface area contributed by atoms with Gasteiger partial charge in [0.05, 0.1) is 6.26 Å². The van der Waals surface area contributed by atoms with Gasteiger partial charge >= 0.3 is 0 Å². The van der Waals surface area contributed by atoms with Crippen LogP contribution in [-0.4, -0.2) is 0 Å². The molecule has 18 heavy (non-hydrogen) atoms. The van der Waals surface area contributed by atoms with Gasteiger partial charge in [0.25, 0.3) is 0 Å². The van der Waals surface area contributed by atoms with Crippen LogP contribution >= 0.6 is 0 Å². The molecule has 0 spiro atoms. The fourth-order valence-electron chi connectivity index (χ4n) is 2.29. The van der Waals surface area contributed by atoms with Gasteiger partial charge in [-0.1, -0.05) is 37.3 Å². The molecule has 0 aliphatic carbocycles. The molecule has 2 aromatic rings. The van der Waals surface area contributed by atoms with Crippen LogP contribution in [0.15, 0.2) is 47.1 Å². The van der Waals surface area contributed by atoms with Crippen LogP contribution in [0.5, 0.6) is 0 Å². The van der Waals surface area contributed by atoms with Gasteiger partial charge in [0.2, 0.25) is 0 Å². The van der Waals surface area contributed by atoms with Gasteiger partial charge in [0.1, 0.15) is 5.76 Å². The molecule has 0 radical (unpaired) electrons. The summed E-state index contributed by atoms with van der Waals surface area (Å²) in [7, 11) is 0. The molecule has 2 heteroatoms. The van der Waals surface area contributed by atoms with E-state index in [9.17, 15) is 0 Å². The van der Waals surface area contributed by atoms with Crippen LogP contribution in [0, 0.1) is 0 Å². The first-order valence-corrected chi connectivity index (χ1v) is 6.67. The summed E-state index contributed by atoms with van der Waals surface area (Å²) in [5.74, 6) is 1.03. The average Bonchev–Trinajstić information content (AvgIpc) is 2.88. The van der Waals surface area contributed by atoms with Crippen molar-refractivity contribution in [1.29, 1.82) is 0 Å². The molecule has 2 nitrogen and oxygen atoms in total. The van der Waals surface area contributed by atoms with Crippen molar-refractivity contribution in [2.45, 2.75) is 38.6 Å². The average molecular weight is 243 g/mol. The Labute approximate surface area is 109 Å². The molecule has 1 heterocycles. The Morgan fingerprint density at radius 2 is 1.94 bits per heavy atom. The third-order valence-corrected chi connectivity index (χ3v) is 3.32. The predicted molar refractivity (Wildman–Crippen MR) is 74.4 cm³/mol. The Morgan fingerprint density at radius 1 is 1.17 bits per heavy atom. The minimum absolute atomic E-state index is 0.0995. The zero-order valence-electron chi connectivity index (χ0n) is 10.9. The minimum atomic E-state index is 0.0995. The highest BCUT2D eigenvalue weighted by atomic mass is 16.3. The fourth-order valence-corrected chi connectivity index (χ4v) is 2.29. The van der Waals surface area contributed by atoms with Gasteiger partial charge in [0, 0.05) is 18.0 Å². The van der Waals surface area contributed by atoms with Gasteiger partial charge < -0.3 is 10.2 Å². The van der Waals surface area contributed by atoms with Crippen LogP contribution in [-0.2, 0) is 12.8 Å². The summed E-state index contributed by atoms with van der Waals surface area (Å²) in [6.45, 7) is 2.10. The lowest BCUT2D eigenvalue weighted by atomic mass is 9.99. The maximum atomic E-state index is 6.22. The van der Waals surface area contributed by atoms with Crippen molar-refractivity contribution < 1.29 is 4.42 Å². The number of nitrogens with two attached hydrogens (primary N) is 1. The fraction of sp³-hybridized carbons (Fsp3) is 0.375. The maximum Gasteiger partial charge on any atom is 0.108 e. The number of aryl methyl sites for hydroxylation is 2. The standard InChI is InChI=1S/C16H21NO/c1-2-16-14(11-12-18-16)15(17)10-6-9-13-7-4-3-5-8-13/h3-5,7-8,11-12,15H,2,6,9-10,17H2,1H3. The van der Waals surface area contributed by atoms with Gasteiger partial charge in [0.15, 0.2) is 0 Å².